The van der Waals surface area contributed by atoms with Crippen LogP contribution in [-0.2, 0) is 7.05 Å². The van der Waals surface area contributed by atoms with Gasteiger partial charge in [-0.05, 0) is 43.0 Å². The molecule has 1 saturated heterocycles. The number of benzene rings is 1. The predicted molar refractivity (Wildman–Crippen MR) is 85.1 cm³/mol. The largest absolute Gasteiger partial charge is 0.316 e. The maximum atomic E-state index is 4.43. The highest BCUT2D eigenvalue weighted by Crippen LogP contribution is 2.40. The number of halogens is 1. The van der Waals surface area contributed by atoms with E-state index in [4.69, 9.17) is 0 Å². The Morgan fingerprint density at radius 3 is 2.75 bits per heavy atom. The first-order chi connectivity index (χ1) is 9.68. The number of rotatable bonds is 2. The molecule has 2 heterocycles. The van der Waals surface area contributed by atoms with Gasteiger partial charge in [0, 0.05) is 29.7 Å². The predicted octanol–water partition coefficient (Wildman–Crippen LogP) is 3.35. The number of hydrogen-bond donors (Lipinski definition) is 1. The summed E-state index contributed by atoms with van der Waals surface area (Å²) in [6.07, 6.45) is 3.22. The first-order valence-corrected chi connectivity index (χ1v) is 7.91. The van der Waals surface area contributed by atoms with E-state index in [1.807, 2.05) is 11.7 Å². The number of nitrogens with one attached hydrogen (secondary N) is 1. The highest BCUT2D eigenvalue weighted by molar-refractivity contribution is 9.10. The maximum absolute atomic E-state index is 4.43. The zero-order valence-electron chi connectivity index (χ0n) is 11.9. The monoisotopic (exact) mass is 333 g/mol. The molecule has 106 valence electrons. The second-order valence-electron chi connectivity index (χ2n) is 5.54. The fraction of sp³-hybridized carbons (Fsp3) is 0.438. The SMILES string of the molecule is Cc1c(C2CCNCC2c2ccccc2Br)cnn1C. The van der Waals surface area contributed by atoms with Crippen LogP contribution in [0.3, 0.4) is 0 Å². The Balaban J connectivity index is 2.00. The van der Waals surface area contributed by atoms with Crippen molar-refractivity contribution in [1.82, 2.24) is 15.1 Å². The van der Waals surface area contributed by atoms with Gasteiger partial charge in [0.2, 0.25) is 0 Å². The van der Waals surface area contributed by atoms with Crippen LogP contribution in [0.5, 0.6) is 0 Å². The molecule has 1 aromatic heterocycles. The standard InChI is InChI=1S/C16H20BrN3/c1-11-14(10-19-20(11)2)12-7-8-18-9-15(12)13-5-3-4-6-16(13)17/h3-6,10,12,15,18H,7-9H2,1-2H3. The van der Waals surface area contributed by atoms with E-state index in [9.17, 15) is 0 Å². The second-order valence-corrected chi connectivity index (χ2v) is 6.39. The summed E-state index contributed by atoms with van der Waals surface area (Å²) in [5.74, 6) is 1.05. The van der Waals surface area contributed by atoms with Crippen molar-refractivity contribution in [2.45, 2.75) is 25.2 Å². The van der Waals surface area contributed by atoms with Gasteiger partial charge >= 0.3 is 0 Å². The summed E-state index contributed by atoms with van der Waals surface area (Å²) < 4.78 is 3.19. The molecule has 0 saturated carbocycles. The minimum Gasteiger partial charge on any atom is -0.316 e. The molecule has 0 spiro atoms. The fourth-order valence-corrected chi connectivity index (χ4v) is 3.79. The average Bonchev–Trinajstić information content (AvgIpc) is 2.80. The summed E-state index contributed by atoms with van der Waals surface area (Å²) in [4.78, 5) is 0. The van der Waals surface area contributed by atoms with Gasteiger partial charge in [-0.25, -0.2) is 0 Å². The van der Waals surface area contributed by atoms with Gasteiger partial charge in [0.05, 0.1) is 6.20 Å². The highest BCUT2D eigenvalue weighted by atomic mass is 79.9. The third-order valence-corrected chi connectivity index (χ3v) is 5.18. The third kappa shape index (κ3) is 2.42. The van der Waals surface area contributed by atoms with E-state index >= 15 is 0 Å². The number of nitrogens with zero attached hydrogens (tertiary/aromatic N) is 2. The summed E-state index contributed by atoms with van der Waals surface area (Å²) >= 11 is 3.71. The maximum Gasteiger partial charge on any atom is 0.0527 e. The molecule has 3 nitrogen and oxygen atoms in total. The zero-order chi connectivity index (χ0) is 14.1. The van der Waals surface area contributed by atoms with Gasteiger partial charge in [-0.1, -0.05) is 34.1 Å². The smallest absolute Gasteiger partial charge is 0.0527 e. The van der Waals surface area contributed by atoms with Crippen molar-refractivity contribution in [3.05, 3.63) is 51.8 Å². The van der Waals surface area contributed by atoms with Crippen LogP contribution in [0.15, 0.2) is 34.9 Å². The molecule has 2 aromatic rings. The molecular formula is C16H20BrN3. The van der Waals surface area contributed by atoms with E-state index in [2.05, 4.69) is 63.7 Å². The summed E-state index contributed by atoms with van der Waals surface area (Å²) in [5, 5.41) is 7.96. The Morgan fingerprint density at radius 2 is 2.05 bits per heavy atom. The normalized spacial score (nSPS) is 22.9. The summed E-state index contributed by atoms with van der Waals surface area (Å²) in [5.41, 5.74) is 4.08. The van der Waals surface area contributed by atoms with Crippen molar-refractivity contribution in [2.75, 3.05) is 13.1 Å². The lowest BCUT2D eigenvalue weighted by molar-refractivity contribution is 0.402. The van der Waals surface area contributed by atoms with E-state index in [0.29, 0.717) is 11.8 Å². The molecule has 0 amide bonds. The van der Waals surface area contributed by atoms with Crippen LogP contribution in [0, 0.1) is 6.92 Å². The number of hydrogen-bond acceptors (Lipinski definition) is 2. The molecule has 0 radical (unpaired) electrons. The molecule has 4 heteroatoms. The number of aromatic nitrogens is 2. The van der Waals surface area contributed by atoms with Crippen LogP contribution < -0.4 is 5.32 Å². The van der Waals surface area contributed by atoms with Crippen molar-refractivity contribution in [1.29, 1.82) is 0 Å². The molecule has 2 atom stereocenters. The Hall–Kier alpha value is -1.13. The minimum absolute atomic E-state index is 0.502. The minimum atomic E-state index is 0.502. The van der Waals surface area contributed by atoms with E-state index < -0.39 is 0 Å². The number of aryl methyl sites for hydroxylation is 1. The molecule has 2 unspecified atom stereocenters. The lowest BCUT2D eigenvalue weighted by atomic mass is 9.77. The summed E-state index contributed by atoms with van der Waals surface area (Å²) in [6, 6.07) is 8.58. The van der Waals surface area contributed by atoms with Crippen molar-refractivity contribution >= 4 is 15.9 Å². The zero-order valence-corrected chi connectivity index (χ0v) is 13.5. The van der Waals surface area contributed by atoms with Gasteiger partial charge in [0.15, 0.2) is 0 Å². The first-order valence-electron chi connectivity index (χ1n) is 7.12. The molecule has 3 rings (SSSR count). The van der Waals surface area contributed by atoms with Gasteiger partial charge in [-0.15, -0.1) is 0 Å². The van der Waals surface area contributed by atoms with E-state index in [-0.39, 0.29) is 0 Å². The van der Waals surface area contributed by atoms with Crippen molar-refractivity contribution in [3.8, 4) is 0 Å². The topological polar surface area (TPSA) is 29.9 Å². The molecule has 0 aliphatic carbocycles. The first kappa shape index (κ1) is 13.8. The van der Waals surface area contributed by atoms with Gasteiger partial charge < -0.3 is 5.32 Å². The molecule has 1 N–H and O–H groups in total. The van der Waals surface area contributed by atoms with Crippen LogP contribution in [0.2, 0.25) is 0 Å². The molecular weight excluding hydrogens is 314 g/mol. The lowest BCUT2D eigenvalue weighted by Gasteiger charge is -2.33. The van der Waals surface area contributed by atoms with Crippen molar-refractivity contribution in [2.24, 2.45) is 7.05 Å². The van der Waals surface area contributed by atoms with Gasteiger partial charge in [-0.3, -0.25) is 4.68 Å². The second kappa shape index (κ2) is 5.70. The molecule has 1 aliphatic heterocycles. The number of piperidine rings is 1. The van der Waals surface area contributed by atoms with Crippen LogP contribution in [0.25, 0.3) is 0 Å². The van der Waals surface area contributed by atoms with Gasteiger partial charge in [-0.2, -0.15) is 5.10 Å². The third-order valence-electron chi connectivity index (χ3n) is 4.46. The molecule has 1 aromatic carbocycles. The van der Waals surface area contributed by atoms with Crippen LogP contribution in [0.4, 0.5) is 0 Å². The summed E-state index contributed by atoms with van der Waals surface area (Å²) in [6.45, 7) is 4.28. The van der Waals surface area contributed by atoms with Crippen molar-refractivity contribution in [3.63, 3.8) is 0 Å². The van der Waals surface area contributed by atoms with Crippen LogP contribution in [-0.4, -0.2) is 22.9 Å². The molecule has 1 fully saturated rings. The fourth-order valence-electron chi connectivity index (χ4n) is 3.21. The molecule has 20 heavy (non-hydrogen) atoms. The highest BCUT2D eigenvalue weighted by Gasteiger charge is 2.30. The van der Waals surface area contributed by atoms with Gasteiger partial charge in [0.25, 0.3) is 0 Å². The Kier molecular flexibility index (Phi) is 3.94. The quantitative estimate of drug-likeness (QED) is 0.913. The molecule has 0 bridgehead atoms. The van der Waals surface area contributed by atoms with Crippen LogP contribution >= 0.6 is 15.9 Å². The Labute approximate surface area is 128 Å². The van der Waals surface area contributed by atoms with E-state index in [1.165, 1.54) is 27.7 Å². The van der Waals surface area contributed by atoms with Crippen LogP contribution in [0.1, 0.15) is 35.1 Å². The molecule has 1 aliphatic rings. The van der Waals surface area contributed by atoms with Crippen molar-refractivity contribution < 1.29 is 0 Å². The Morgan fingerprint density at radius 1 is 1.25 bits per heavy atom. The lowest BCUT2D eigenvalue weighted by Crippen LogP contribution is -2.34. The van der Waals surface area contributed by atoms with Gasteiger partial charge in [0.1, 0.15) is 0 Å². The average molecular weight is 334 g/mol. The van der Waals surface area contributed by atoms with E-state index in [1.54, 1.807) is 0 Å². The van der Waals surface area contributed by atoms with E-state index in [0.717, 1.165) is 13.1 Å². The summed E-state index contributed by atoms with van der Waals surface area (Å²) in [7, 11) is 2.02. The Bertz CT molecular complexity index is 606.